The van der Waals surface area contributed by atoms with Crippen LogP contribution in [0.3, 0.4) is 0 Å². The second-order valence-corrected chi connectivity index (χ2v) is 12.1. The van der Waals surface area contributed by atoms with Gasteiger partial charge in [0.25, 0.3) is 0 Å². The number of phenolic OH excluding ortho intramolecular Hbond substituents is 1. The second-order valence-electron chi connectivity index (χ2n) is 9.52. The van der Waals surface area contributed by atoms with Gasteiger partial charge in [-0.15, -0.1) is 7.92 Å². The third kappa shape index (κ3) is 6.93. The van der Waals surface area contributed by atoms with Crippen LogP contribution in [0.4, 0.5) is 0 Å². The van der Waals surface area contributed by atoms with Crippen LogP contribution in [0, 0.1) is 0 Å². The van der Waals surface area contributed by atoms with E-state index in [1.165, 1.54) is 49.7 Å². The molecular weight excluding hydrogens is 323 g/mol. The Morgan fingerprint density at radius 2 is 1.20 bits per heavy atom. The predicted molar refractivity (Wildman–Crippen MR) is 116 cm³/mol. The van der Waals surface area contributed by atoms with Crippen molar-refractivity contribution in [2.75, 3.05) is 12.3 Å². The normalized spacial score (nSPS) is 12.8. The summed E-state index contributed by atoms with van der Waals surface area (Å²) in [5, 5.41) is 10.9. The smallest absolute Gasteiger partial charge is 0.123 e. The fraction of sp³-hybridized carbons (Fsp3) is 0.739. The lowest BCUT2D eigenvalue weighted by atomic mass is 9.78. The summed E-state index contributed by atoms with van der Waals surface area (Å²) in [5.74, 6) is 0.509. The molecule has 0 fully saturated rings. The van der Waals surface area contributed by atoms with Crippen LogP contribution in [-0.4, -0.2) is 17.4 Å². The van der Waals surface area contributed by atoms with Gasteiger partial charge >= 0.3 is 0 Å². The van der Waals surface area contributed by atoms with Crippen LogP contribution in [0.2, 0.25) is 0 Å². The molecule has 0 radical (unpaired) electrons. The summed E-state index contributed by atoms with van der Waals surface area (Å²) >= 11 is 0. The van der Waals surface area contributed by atoms with Gasteiger partial charge in [-0.2, -0.15) is 0 Å². The van der Waals surface area contributed by atoms with Crippen molar-refractivity contribution in [1.29, 1.82) is 0 Å². The molecular formula is C23H41OP. The average Bonchev–Trinajstić information content (AvgIpc) is 2.49. The summed E-state index contributed by atoms with van der Waals surface area (Å²) in [7, 11) is 0.0635. The number of benzene rings is 1. The minimum Gasteiger partial charge on any atom is -0.507 e. The van der Waals surface area contributed by atoms with Gasteiger partial charge < -0.3 is 5.11 Å². The van der Waals surface area contributed by atoms with E-state index in [-0.39, 0.29) is 18.8 Å². The van der Waals surface area contributed by atoms with Crippen LogP contribution >= 0.6 is 7.92 Å². The van der Waals surface area contributed by atoms with Crippen LogP contribution < -0.4 is 0 Å². The molecule has 1 aromatic carbocycles. The molecule has 0 aliphatic heterocycles. The fourth-order valence-corrected chi connectivity index (χ4v) is 5.99. The molecule has 0 atom stereocenters. The Morgan fingerprint density at radius 3 is 1.52 bits per heavy atom. The van der Waals surface area contributed by atoms with Crippen molar-refractivity contribution in [1.82, 2.24) is 0 Å². The van der Waals surface area contributed by atoms with Gasteiger partial charge in [-0.3, -0.25) is 0 Å². The zero-order chi connectivity index (χ0) is 19.3. The van der Waals surface area contributed by atoms with Gasteiger partial charge in [-0.1, -0.05) is 80.4 Å². The fourth-order valence-electron chi connectivity index (χ4n) is 3.22. The molecule has 25 heavy (non-hydrogen) atoms. The van der Waals surface area contributed by atoms with E-state index in [0.29, 0.717) is 5.75 Å². The highest BCUT2D eigenvalue weighted by Crippen LogP contribution is 2.45. The van der Waals surface area contributed by atoms with Crippen LogP contribution in [0.5, 0.6) is 5.75 Å². The van der Waals surface area contributed by atoms with Crippen molar-refractivity contribution in [3.8, 4) is 5.75 Å². The minimum absolute atomic E-state index is 0.0321. The molecule has 144 valence electrons. The Hall–Kier alpha value is -0.550. The number of phenols is 1. The van der Waals surface area contributed by atoms with E-state index >= 15 is 0 Å². The molecule has 0 saturated heterocycles. The predicted octanol–water partition coefficient (Wildman–Crippen LogP) is 7.57. The summed E-state index contributed by atoms with van der Waals surface area (Å²) in [5.41, 5.74) is 3.59. The summed E-state index contributed by atoms with van der Waals surface area (Å²) < 4.78 is 0. The average molecular weight is 365 g/mol. The molecule has 2 heteroatoms. The van der Waals surface area contributed by atoms with Gasteiger partial charge in [-0.05, 0) is 58.8 Å². The number of aromatic hydroxyl groups is 1. The second kappa shape index (κ2) is 9.40. The molecule has 0 aromatic heterocycles. The van der Waals surface area contributed by atoms with E-state index in [9.17, 15) is 5.11 Å². The van der Waals surface area contributed by atoms with Crippen molar-refractivity contribution in [3.63, 3.8) is 0 Å². The Morgan fingerprint density at radius 1 is 0.800 bits per heavy atom. The molecule has 1 N–H and O–H groups in total. The highest BCUT2D eigenvalue weighted by atomic mass is 31.1. The van der Waals surface area contributed by atoms with E-state index in [1.54, 1.807) is 0 Å². The van der Waals surface area contributed by atoms with Gasteiger partial charge in [0.2, 0.25) is 0 Å². The van der Waals surface area contributed by atoms with Gasteiger partial charge in [0.1, 0.15) is 5.75 Å². The number of rotatable bonds is 8. The molecule has 1 aromatic rings. The summed E-state index contributed by atoms with van der Waals surface area (Å²) in [6.07, 6.45) is 9.28. The lowest BCUT2D eigenvalue weighted by Gasteiger charge is -2.29. The first-order chi connectivity index (χ1) is 11.5. The molecule has 1 rings (SSSR count). The number of hydrogen-bond donors (Lipinski definition) is 1. The largest absolute Gasteiger partial charge is 0.507 e. The topological polar surface area (TPSA) is 20.2 Å². The lowest BCUT2D eigenvalue weighted by Crippen LogP contribution is -2.18. The highest BCUT2D eigenvalue weighted by Gasteiger charge is 2.26. The Kier molecular flexibility index (Phi) is 8.46. The molecule has 0 amide bonds. The third-order valence-corrected chi connectivity index (χ3v) is 7.56. The van der Waals surface area contributed by atoms with Crippen molar-refractivity contribution in [2.24, 2.45) is 0 Å². The molecule has 0 spiro atoms. The van der Waals surface area contributed by atoms with Crippen LogP contribution in [0.25, 0.3) is 0 Å². The third-order valence-electron chi connectivity index (χ3n) is 4.85. The standard InChI is InChI=1S/C23H41OP/c1-9-11-13-25(14-12-10-2)17-18-15-19(22(3,4)5)21(24)20(16-18)23(6,7)8/h15-16,24H,9-14,17H2,1-8H3. The molecule has 0 heterocycles. The first kappa shape index (κ1) is 22.5. The summed E-state index contributed by atoms with van der Waals surface area (Å²) in [6.45, 7) is 17.8. The van der Waals surface area contributed by atoms with Crippen LogP contribution in [0.1, 0.15) is 97.8 Å². The van der Waals surface area contributed by atoms with Crippen molar-refractivity contribution in [3.05, 3.63) is 28.8 Å². The monoisotopic (exact) mass is 364 g/mol. The molecule has 1 nitrogen and oxygen atoms in total. The quantitative estimate of drug-likeness (QED) is 0.472. The van der Waals surface area contributed by atoms with E-state index in [0.717, 1.165) is 11.1 Å². The molecule has 0 saturated carbocycles. The van der Waals surface area contributed by atoms with E-state index in [2.05, 4.69) is 67.5 Å². The lowest BCUT2D eigenvalue weighted by molar-refractivity contribution is 0.423. The number of hydrogen-bond acceptors (Lipinski definition) is 1. The van der Waals surface area contributed by atoms with E-state index in [4.69, 9.17) is 0 Å². The van der Waals surface area contributed by atoms with Gasteiger partial charge in [0.15, 0.2) is 0 Å². The van der Waals surface area contributed by atoms with Crippen molar-refractivity contribution < 1.29 is 5.11 Å². The minimum atomic E-state index is -0.0321. The summed E-state index contributed by atoms with van der Waals surface area (Å²) in [6, 6.07) is 4.58. The zero-order valence-electron chi connectivity index (χ0n) is 18.0. The zero-order valence-corrected chi connectivity index (χ0v) is 18.9. The Labute approximate surface area is 158 Å². The molecule has 0 aliphatic carbocycles. The van der Waals surface area contributed by atoms with Crippen molar-refractivity contribution >= 4 is 7.92 Å². The number of unbranched alkanes of at least 4 members (excludes halogenated alkanes) is 2. The maximum atomic E-state index is 10.9. The molecule has 0 bridgehead atoms. The Balaban J connectivity index is 3.24. The van der Waals surface area contributed by atoms with E-state index in [1.807, 2.05) is 0 Å². The molecule has 0 aliphatic rings. The maximum Gasteiger partial charge on any atom is 0.123 e. The van der Waals surface area contributed by atoms with Crippen LogP contribution in [-0.2, 0) is 17.0 Å². The first-order valence-electron chi connectivity index (χ1n) is 10.1. The first-order valence-corrected chi connectivity index (χ1v) is 12.0. The molecule has 0 unspecified atom stereocenters. The summed E-state index contributed by atoms with van der Waals surface area (Å²) in [4.78, 5) is 0. The van der Waals surface area contributed by atoms with Gasteiger partial charge in [0.05, 0.1) is 0 Å². The van der Waals surface area contributed by atoms with Gasteiger partial charge in [0, 0.05) is 0 Å². The Bertz CT molecular complexity index is 491. The highest BCUT2D eigenvalue weighted by molar-refractivity contribution is 7.56. The van der Waals surface area contributed by atoms with Crippen LogP contribution in [0.15, 0.2) is 12.1 Å². The SMILES string of the molecule is CCCCP(CCCC)Cc1cc(C(C)(C)C)c(O)c(C(C)(C)C)c1. The van der Waals surface area contributed by atoms with Crippen molar-refractivity contribution in [2.45, 2.75) is 98.1 Å². The van der Waals surface area contributed by atoms with Gasteiger partial charge in [-0.25, -0.2) is 0 Å². The maximum absolute atomic E-state index is 10.9. The van der Waals surface area contributed by atoms with E-state index < -0.39 is 0 Å².